The van der Waals surface area contributed by atoms with E-state index >= 15 is 0 Å². The Balaban J connectivity index is 2.56. The molecule has 4 N–H and O–H groups in total. The molecule has 0 fully saturated rings. The van der Waals surface area contributed by atoms with E-state index in [9.17, 15) is 4.79 Å². The van der Waals surface area contributed by atoms with Crippen LogP contribution in [0.15, 0.2) is 6.20 Å². The molecule has 2 rings (SSSR count). The summed E-state index contributed by atoms with van der Waals surface area (Å²) in [5.74, 6) is -1.07. The number of carboxylic acids is 1. The Morgan fingerprint density at radius 2 is 2.57 bits per heavy atom. The Morgan fingerprint density at radius 3 is 3.21 bits per heavy atom. The molecule has 2 unspecified atom stereocenters. The summed E-state index contributed by atoms with van der Waals surface area (Å²) >= 11 is 0. The molecular weight excluding hydrogens is 182 g/mol. The number of nitrogens with zero attached hydrogens (tertiary/aromatic N) is 1. The molecule has 0 bridgehead atoms. The van der Waals surface area contributed by atoms with Crippen LogP contribution in [-0.2, 0) is 16.8 Å². The van der Waals surface area contributed by atoms with E-state index in [0.29, 0.717) is 5.69 Å². The number of nitrogens with two attached hydrogens (primary N) is 1. The van der Waals surface area contributed by atoms with Gasteiger partial charge in [0.05, 0.1) is 11.9 Å². The second kappa shape index (κ2) is 2.81. The van der Waals surface area contributed by atoms with Gasteiger partial charge in [-0.3, -0.25) is 5.10 Å². The van der Waals surface area contributed by atoms with E-state index in [4.69, 9.17) is 10.8 Å². The number of hydrogen-bond donors (Lipinski definition) is 3. The van der Waals surface area contributed by atoms with Gasteiger partial charge in [-0.15, -0.1) is 0 Å². The van der Waals surface area contributed by atoms with E-state index in [-0.39, 0.29) is 5.92 Å². The number of aliphatic carboxylic acids is 1. The fourth-order valence-corrected chi connectivity index (χ4v) is 2.02. The fraction of sp³-hybridized carbons (Fsp3) is 0.556. The van der Waals surface area contributed by atoms with Crippen LogP contribution in [0.5, 0.6) is 0 Å². The molecule has 0 spiro atoms. The maximum atomic E-state index is 11.2. The number of aromatic nitrogens is 2. The zero-order chi connectivity index (χ0) is 10.3. The Hall–Kier alpha value is -1.36. The average Bonchev–Trinajstić information content (AvgIpc) is 2.59. The quantitative estimate of drug-likeness (QED) is 0.598. The molecule has 5 heteroatoms. The summed E-state index contributed by atoms with van der Waals surface area (Å²) in [7, 11) is 0. The zero-order valence-electron chi connectivity index (χ0n) is 7.95. The molecule has 0 aliphatic heterocycles. The summed E-state index contributed by atoms with van der Waals surface area (Å²) in [4.78, 5) is 11.2. The molecule has 0 aromatic carbocycles. The molecule has 14 heavy (non-hydrogen) atoms. The maximum absolute atomic E-state index is 11.2. The molecule has 2 atom stereocenters. The van der Waals surface area contributed by atoms with Crippen LogP contribution in [0.25, 0.3) is 0 Å². The number of nitrogens with one attached hydrogen (secondary N) is 1. The van der Waals surface area contributed by atoms with Crippen molar-refractivity contribution in [3.05, 3.63) is 17.5 Å². The largest absolute Gasteiger partial charge is 0.480 e. The second-order valence-electron chi connectivity index (χ2n) is 3.88. The number of aryl methyl sites for hydroxylation is 1. The van der Waals surface area contributed by atoms with Crippen LogP contribution in [0.2, 0.25) is 0 Å². The van der Waals surface area contributed by atoms with Crippen LogP contribution in [0.1, 0.15) is 24.6 Å². The third-order valence-electron chi connectivity index (χ3n) is 3.11. The number of rotatable bonds is 1. The topological polar surface area (TPSA) is 92.0 Å². The third kappa shape index (κ3) is 0.988. The van der Waals surface area contributed by atoms with Crippen molar-refractivity contribution in [3.63, 3.8) is 0 Å². The summed E-state index contributed by atoms with van der Waals surface area (Å²) in [5, 5.41) is 15.7. The summed E-state index contributed by atoms with van der Waals surface area (Å²) in [6.45, 7) is 1.86. The Bertz CT molecular complexity index is 374. The zero-order valence-corrected chi connectivity index (χ0v) is 7.95. The summed E-state index contributed by atoms with van der Waals surface area (Å²) in [6.07, 6.45) is 3.29. The highest BCUT2D eigenvalue weighted by Gasteiger charge is 2.46. The van der Waals surface area contributed by atoms with Gasteiger partial charge in [-0.05, 0) is 24.3 Å². The molecule has 0 saturated carbocycles. The van der Waals surface area contributed by atoms with E-state index in [2.05, 4.69) is 10.2 Å². The van der Waals surface area contributed by atoms with Gasteiger partial charge in [-0.2, -0.15) is 5.10 Å². The van der Waals surface area contributed by atoms with E-state index in [1.807, 2.05) is 6.92 Å². The molecule has 1 heterocycles. The molecule has 76 valence electrons. The molecule has 0 amide bonds. The number of hydrogen-bond acceptors (Lipinski definition) is 3. The molecular formula is C9H13N3O2. The molecule has 1 aliphatic carbocycles. The van der Waals surface area contributed by atoms with Crippen molar-refractivity contribution in [2.24, 2.45) is 11.7 Å². The van der Waals surface area contributed by atoms with Gasteiger partial charge in [-0.25, -0.2) is 4.79 Å². The highest BCUT2D eigenvalue weighted by Crippen LogP contribution is 2.36. The highest BCUT2D eigenvalue weighted by molar-refractivity contribution is 5.81. The van der Waals surface area contributed by atoms with Crippen LogP contribution in [0, 0.1) is 5.92 Å². The van der Waals surface area contributed by atoms with Gasteiger partial charge in [0.2, 0.25) is 0 Å². The molecule has 5 nitrogen and oxygen atoms in total. The van der Waals surface area contributed by atoms with E-state index in [1.54, 1.807) is 6.20 Å². The van der Waals surface area contributed by atoms with Gasteiger partial charge < -0.3 is 10.8 Å². The molecule has 0 radical (unpaired) electrons. The van der Waals surface area contributed by atoms with Crippen molar-refractivity contribution >= 4 is 5.97 Å². The first-order chi connectivity index (χ1) is 6.56. The summed E-state index contributed by atoms with van der Waals surface area (Å²) in [6, 6.07) is 0. The summed E-state index contributed by atoms with van der Waals surface area (Å²) < 4.78 is 0. The standard InChI is InChI=1S/C9H13N3O2/c1-5-2-3-6-4-11-12-7(6)9(5,10)8(13)14/h4-5H,2-3,10H2,1H3,(H,11,12)(H,13,14). The minimum atomic E-state index is -1.30. The van der Waals surface area contributed by atoms with Gasteiger partial charge in [0.15, 0.2) is 5.54 Å². The molecule has 1 aliphatic rings. The Morgan fingerprint density at radius 1 is 1.86 bits per heavy atom. The fourth-order valence-electron chi connectivity index (χ4n) is 2.02. The number of fused-ring (bicyclic) bond motifs is 1. The number of aromatic amines is 1. The van der Waals surface area contributed by atoms with Crippen LogP contribution in [0.4, 0.5) is 0 Å². The minimum absolute atomic E-state index is 0.0760. The lowest BCUT2D eigenvalue weighted by molar-refractivity contribution is -0.146. The SMILES string of the molecule is CC1CCc2cn[nH]c2C1(N)C(=O)O. The second-order valence-corrected chi connectivity index (χ2v) is 3.88. The Labute approximate surface area is 81.3 Å². The number of carbonyl (C=O) groups is 1. The number of H-pyrrole nitrogens is 1. The smallest absolute Gasteiger partial charge is 0.330 e. The van der Waals surface area contributed by atoms with E-state index in [1.165, 1.54) is 0 Å². The predicted molar refractivity (Wildman–Crippen MR) is 49.6 cm³/mol. The first kappa shape index (κ1) is 9.21. The maximum Gasteiger partial charge on any atom is 0.330 e. The van der Waals surface area contributed by atoms with Gasteiger partial charge in [-0.1, -0.05) is 6.92 Å². The average molecular weight is 195 g/mol. The van der Waals surface area contributed by atoms with Gasteiger partial charge >= 0.3 is 5.97 Å². The van der Waals surface area contributed by atoms with Gasteiger partial charge in [0, 0.05) is 0 Å². The predicted octanol–water partition coefficient (Wildman–Crippen LogP) is 0.231. The lowest BCUT2D eigenvalue weighted by Crippen LogP contribution is -2.52. The van der Waals surface area contributed by atoms with Crippen LogP contribution in [0.3, 0.4) is 0 Å². The van der Waals surface area contributed by atoms with Crippen LogP contribution < -0.4 is 5.73 Å². The minimum Gasteiger partial charge on any atom is -0.480 e. The third-order valence-corrected chi connectivity index (χ3v) is 3.11. The van der Waals surface area contributed by atoms with Crippen molar-refractivity contribution < 1.29 is 9.90 Å². The van der Waals surface area contributed by atoms with Crippen LogP contribution >= 0.6 is 0 Å². The van der Waals surface area contributed by atoms with Crippen molar-refractivity contribution in [2.45, 2.75) is 25.3 Å². The van der Waals surface area contributed by atoms with Gasteiger partial charge in [0.1, 0.15) is 0 Å². The normalized spacial score (nSPS) is 31.1. The highest BCUT2D eigenvalue weighted by atomic mass is 16.4. The van der Waals surface area contributed by atoms with Crippen LogP contribution in [-0.4, -0.2) is 21.3 Å². The van der Waals surface area contributed by atoms with E-state index in [0.717, 1.165) is 18.4 Å². The lowest BCUT2D eigenvalue weighted by Gasteiger charge is -2.34. The molecule has 0 saturated heterocycles. The van der Waals surface area contributed by atoms with Crippen molar-refractivity contribution in [1.29, 1.82) is 0 Å². The molecule has 1 aromatic heterocycles. The molecule has 1 aromatic rings. The van der Waals surface area contributed by atoms with Crippen molar-refractivity contribution in [3.8, 4) is 0 Å². The lowest BCUT2D eigenvalue weighted by atomic mass is 9.74. The van der Waals surface area contributed by atoms with Crippen molar-refractivity contribution in [1.82, 2.24) is 10.2 Å². The van der Waals surface area contributed by atoms with E-state index < -0.39 is 11.5 Å². The number of carboxylic acid groups (broad SMARTS) is 1. The summed E-state index contributed by atoms with van der Waals surface area (Å²) in [5.41, 5.74) is 6.11. The first-order valence-corrected chi connectivity index (χ1v) is 4.61. The first-order valence-electron chi connectivity index (χ1n) is 4.61. The van der Waals surface area contributed by atoms with Crippen molar-refractivity contribution in [2.75, 3.05) is 0 Å². The monoisotopic (exact) mass is 195 g/mol. The Kier molecular flexibility index (Phi) is 1.85. The van der Waals surface area contributed by atoms with Gasteiger partial charge in [0.25, 0.3) is 0 Å².